The molecule has 2 nitrogen and oxygen atoms in total. The maximum atomic E-state index is 2.39. The minimum absolute atomic E-state index is 1.11. The highest BCUT2D eigenvalue weighted by Crippen LogP contribution is 2.49. The quantitative estimate of drug-likeness (QED) is 0.126. The summed E-state index contributed by atoms with van der Waals surface area (Å²) >= 11 is 0. The highest BCUT2D eigenvalue weighted by Gasteiger charge is 2.23. The normalized spacial score (nSPS) is 11.3. The SMILES string of the molecule is c1ccc(-c2c3ccc(N(c4ccccc4)c4ccccc4)cc3c(-c3ccccc3)c3ccc(N(c4ccccc4)c4ccccc4)cc23)cc1.c1ccc2cc(-c3c4ccccc4c(-c4ccc5ccccc5c4)c4ccccc34)ccc2c1. The average molecular weight is 1100 g/mol. The van der Waals surface area contributed by atoms with E-state index in [1.54, 1.807) is 0 Å². The fraction of sp³-hybridized carbons (Fsp3) is 0. The van der Waals surface area contributed by atoms with Crippen LogP contribution in [0.2, 0.25) is 0 Å². The van der Waals surface area contributed by atoms with Crippen molar-refractivity contribution in [1.29, 1.82) is 0 Å². The molecule has 0 aromatic heterocycles. The summed E-state index contributed by atoms with van der Waals surface area (Å²) in [5.74, 6) is 0. The summed E-state index contributed by atoms with van der Waals surface area (Å²) in [6, 6.07) is 127. The first-order chi connectivity index (χ1) is 42.7. The van der Waals surface area contributed by atoms with Gasteiger partial charge in [-0.25, -0.2) is 0 Å². The van der Waals surface area contributed by atoms with E-state index in [1.807, 2.05) is 0 Å². The van der Waals surface area contributed by atoms with Gasteiger partial charge in [0.1, 0.15) is 0 Å². The van der Waals surface area contributed by atoms with E-state index in [-0.39, 0.29) is 0 Å². The van der Waals surface area contributed by atoms with Crippen LogP contribution in [0.1, 0.15) is 0 Å². The van der Waals surface area contributed by atoms with Gasteiger partial charge in [-0.2, -0.15) is 0 Å². The van der Waals surface area contributed by atoms with Gasteiger partial charge in [-0.15, -0.1) is 0 Å². The third-order valence-electron chi connectivity index (χ3n) is 16.8. The second kappa shape index (κ2) is 22.8. The molecule has 0 bridgehead atoms. The molecule has 86 heavy (non-hydrogen) atoms. The number of benzene rings is 16. The van der Waals surface area contributed by atoms with E-state index in [4.69, 9.17) is 0 Å². The van der Waals surface area contributed by atoms with Crippen LogP contribution in [-0.4, -0.2) is 0 Å². The Hall–Kier alpha value is -11.3. The van der Waals surface area contributed by atoms with Crippen LogP contribution in [-0.2, 0) is 0 Å². The molecule has 0 radical (unpaired) electrons. The molecule has 0 heterocycles. The van der Waals surface area contributed by atoms with E-state index < -0.39 is 0 Å². The molecule has 0 unspecified atom stereocenters. The summed E-state index contributed by atoms with van der Waals surface area (Å²) in [6.07, 6.45) is 0. The van der Waals surface area contributed by atoms with Crippen molar-refractivity contribution in [2.75, 3.05) is 9.80 Å². The molecule has 0 N–H and O–H groups in total. The summed E-state index contributed by atoms with van der Waals surface area (Å²) in [5.41, 5.74) is 16.6. The van der Waals surface area contributed by atoms with Crippen LogP contribution in [0.25, 0.3) is 109 Å². The Balaban J connectivity index is 0.000000158. The molecule has 0 spiro atoms. The first-order valence-corrected chi connectivity index (χ1v) is 29.6. The summed E-state index contributed by atoms with van der Waals surface area (Å²) in [5, 5.41) is 15.1. The van der Waals surface area contributed by atoms with E-state index in [0.29, 0.717) is 0 Å². The standard InChI is InChI=1S/C50H36N2.C34H22/c1-7-19-37(20-8-1)49-45-33-31-44(52(41-27-15-5-16-28-41)42-29-17-6-18-30-42)36-48(45)50(38-21-9-2-10-22-38)46-34-32-43(35-47(46)49)51(39-23-11-3-12-24-39)40-25-13-4-14-26-40;1-3-11-25-21-27(19-17-23(25)9-1)33-29-13-5-7-15-31(29)34(32-16-8-6-14-30(32)33)28-20-18-24-10-2-4-12-26(24)22-28/h1-36H;1-22H. The minimum Gasteiger partial charge on any atom is -0.310 e. The smallest absolute Gasteiger partial charge is 0.0468 e. The van der Waals surface area contributed by atoms with Crippen LogP contribution < -0.4 is 9.80 Å². The maximum absolute atomic E-state index is 2.39. The third-order valence-corrected chi connectivity index (χ3v) is 16.8. The van der Waals surface area contributed by atoms with Crippen molar-refractivity contribution in [3.8, 4) is 44.5 Å². The summed E-state index contributed by atoms with van der Waals surface area (Å²) in [6.45, 7) is 0. The highest BCUT2D eigenvalue weighted by molar-refractivity contribution is 6.24. The van der Waals surface area contributed by atoms with Crippen molar-refractivity contribution >= 4 is 98.8 Å². The van der Waals surface area contributed by atoms with Gasteiger partial charge in [-0.05, 0) is 194 Å². The molecule has 0 aliphatic heterocycles. The van der Waals surface area contributed by atoms with Gasteiger partial charge in [0.25, 0.3) is 0 Å². The van der Waals surface area contributed by atoms with E-state index in [1.165, 1.54) is 109 Å². The zero-order valence-electron chi connectivity index (χ0n) is 47.4. The van der Waals surface area contributed by atoms with Crippen LogP contribution in [0.15, 0.2) is 352 Å². The number of fused-ring (bicyclic) bond motifs is 6. The van der Waals surface area contributed by atoms with E-state index in [9.17, 15) is 0 Å². The molecule has 16 rings (SSSR count). The molecule has 16 aromatic rings. The Morgan fingerprint density at radius 2 is 0.395 bits per heavy atom. The zero-order chi connectivity index (χ0) is 57.2. The topological polar surface area (TPSA) is 6.48 Å². The molecule has 0 atom stereocenters. The minimum atomic E-state index is 1.11. The van der Waals surface area contributed by atoms with Gasteiger partial charge in [-0.1, -0.05) is 267 Å². The number of nitrogens with zero attached hydrogens (tertiary/aromatic N) is 2. The second-order valence-corrected chi connectivity index (χ2v) is 21.9. The van der Waals surface area contributed by atoms with E-state index >= 15 is 0 Å². The molecule has 404 valence electrons. The molecular weight excluding hydrogens is 1040 g/mol. The Kier molecular flexibility index (Phi) is 13.7. The molecule has 0 saturated heterocycles. The first-order valence-electron chi connectivity index (χ1n) is 29.6. The van der Waals surface area contributed by atoms with Gasteiger partial charge in [0.15, 0.2) is 0 Å². The van der Waals surface area contributed by atoms with Crippen LogP contribution in [0.4, 0.5) is 34.1 Å². The van der Waals surface area contributed by atoms with Crippen molar-refractivity contribution in [3.05, 3.63) is 352 Å². The molecule has 0 amide bonds. The number of hydrogen-bond donors (Lipinski definition) is 0. The van der Waals surface area contributed by atoms with Crippen LogP contribution in [0.5, 0.6) is 0 Å². The lowest BCUT2D eigenvalue weighted by atomic mass is 9.85. The number of rotatable bonds is 10. The number of para-hydroxylation sites is 4. The largest absolute Gasteiger partial charge is 0.310 e. The Morgan fingerprint density at radius 3 is 0.721 bits per heavy atom. The Bertz CT molecular complexity index is 4630. The molecule has 0 aliphatic carbocycles. The van der Waals surface area contributed by atoms with Crippen molar-refractivity contribution in [2.45, 2.75) is 0 Å². The molecular formula is C84H58N2. The Labute approximate surface area is 502 Å². The lowest BCUT2D eigenvalue weighted by Crippen LogP contribution is -2.10. The van der Waals surface area contributed by atoms with Gasteiger partial charge in [-0.3, -0.25) is 0 Å². The fourth-order valence-corrected chi connectivity index (χ4v) is 13.0. The lowest BCUT2D eigenvalue weighted by Gasteiger charge is -2.28. The fourth-order valence-electron chi connectivity index (χ4n) is 13.0. The van der Waals surface area contributed by atoms with Crippen LogP contribution in [0, 0.1) is 0 Å². The van der Waals surface area contributed by atoms with Gasteiger partial charge in [0, 0.05) is 34.1 Å². The van der Waals surface area contributed by atoms with Gasteiger partial charge in [0.2, 0.25) is 0 Å². The maximum Gasteiger partial charge on any atom is 0.0468 e. The molecule has 16 aromatic carbocycles. The lowest BCUT2D eigenvalue weighted by molar-refractivity contribution is 1.29. The summed E-state index contributed by atoms with van der Waals surface area (Å²) in [4.78, 5) is 4.70. The van der Waals surface area contributed by atoms with Crippen molar-refractivity contribution < 1.29 is 0 Å². The molecule has 2 heteroatoms. The molecule has 0 aliphatic rings. The predicted molar refractivity (Wildman–Crippen MR) is 369 cm³/mol. The average Bonchev–Trinajstić information content (AvgIpc) is 0.885. The van der Waals surface area contributed by atoms with Crippen molar-refractivity contribution in [3.63, 3.8) is 0 Å². The van der Waals surface area contributed by atoms with E-state index in [2.05, 4.69) is 362 Å². The van der Waals surface area contributed by atoms with Crippen LogP contribution >= 0.6 is 0 Å². The summed E-state index contributed by atoms with van der Waals surface area (Å²) in [7, 11) is 0. The second-order valence-electron chi connectivity index (χ2n) is 21.9. The van der Waals surface area contributed by atoms with Crippen LogP contribution in [0.3, 0.4) is 0 Å². The van der Waals surface area contributed by atoms with Gasteiger partial charge >= 0.3 is 0 Å². The molecule has 0 saturated carbocycles. The predicted octanol–water partition coefficient (Wildman–Crippen LogP) is 23.9. The summed E-state index contributed by atoms with van der Waals surface area (Å²) < 4.78 is 0. The van der Waals surface area contributed by atoms with Gasteiger partial charge < -0.3 is 9.80 Å². The van der Waals surface area contributed by atoms with E-state index in [0.717, 1.165) is 34.1 Å². The monoisotopic (exact) mass is 1090 g/mol. The highest BCUT2D eigenvalue weighted by atomic mass is 15.1. The number of hydrogen-bond acceptors (Lipinski definition) is 2. The van der Waals surface area contributed by atoms with Crippen molar-refractivity contribution in [1.82, 2.24) is 0 Å². The van der Waals surface area contributed by atoms with Gasteiger partial charge in [0.05, 0.1) is 0 Å². The van der Waals surface area contributed by atoms with Crippen molar-refractivity contribution in [2.24, 2.45) is 0 Å². The third kappa shape index (κ3) is 9.65. The first kappa shape index (κ1) is 51.6. The zero-order valence-corrected chi connectivity index (χ0v) is 47.4. The molecule has 0 fully saturated rings. The number of anilines is 6. The Morgan fingerprint density at radius 1 is 0.140 bits per heavy atom.